The third kappa shape index (κ3) is 4.85. The number of amides is 2. The van der Waals surface area contributed by atoms with Crippen LogP contribution in [0.4, 0.5) is 0 Å². The lowest BCUT2D eigenvalue weighted by Crippen LogP contribution is -2.46. The van der Waals surface area contributed by atoms with Gasteiger partial charge in [0.2, 0.25) is 5.91 Å². The second kappa shape index (κ2) is 8.85. The van der Waals surface area contributed by atoms with Crippen molar-refractivity contribution in [3.05, 3.63) is 52.2 Å². The number of carbonyl (C=O) groups is 2. The Balaban J connectivity index is 1.44. The standard InChI is InChI=1S/C20H24N2O3S/c1-2-25-17-7-5-15(6-8-17)14-19(23)21-16-9-11-22(12-10-16)20(24)18-4-3-13-26-18/h3-8,13,16H,2,9-12,14H2,1H3,(H,21,23). The largest absolute Gasteiger partial charge is 0.494 e. The number of hydrogen-bond acceptors (Lipinski definition) is 4. The molecule has 0 aliphatic carbocycles. The van der Waals surface area contributed by atoms with E-state index in [0.29, 0.717) is 26.1 Å². The molecular weight excluding hydrogens is 348 g/mol. The van der Waals surface area contributed by atoms with Crippen LogP contribution in [0, 0.1) is 0 Å². The predicted octanol–water partition coefficient (Wildman–Crippen LogP) is 3.11. The fourth-order valence-electron chi connectivity index (χ4n) is 3.12. The van der Waals surface area contributed by atoms with Gasteiger partial charge in [-0.3, -0.25) is 9.59 Å². The smallest absolute Gasteiger partial charge is 0.263 e. The van der Waals surface area contributed by atoms with Crippen LogP contribution in [0.1, 0.15) is 35.0 Å². The van der Waals surface area contributed by atoms with E-state index in [4.69, 9.17) is 4.74 Å². The predicted molar refractivity (Wildman–Crippen MR) is 103 cm³/mol. The van der Waals surface area contributed by atoms with Crippen LogP contribution >= 0.6 is 11.3 Å². The minimum absolute atomic E-state index is 0.0252. The summed E-state index contributed by atoms with van der Waals surface area (Å²) in [6.45, 7) is 3.95. The molecule has 0 unspecified atom stereocenters. The molecule has 1 saturated heterocycles. The Bertz CT molecular complexity index is 720. The van der Waals surface area contributed by atoms with Gasteiger partial charge in [-0.2, -0.15) is 0 Å². The lowest BCUT2D eigenvalue weighted by atomic mass is 10.0. The SMILES string of the molecule is CCOc1ccc(CC(=O)NC2CCN(C(=O)c3cccs3)CC2)cc1. The van der Waals surface area contributed by atoms with E-state index in [0.717, 1.165) is 29.0 Å². The molecule has 1 fully saturated rings. The number of likely N-dealkylation sites (tertiary alicyclic amines) is 1. The molecule has 0 spiro atoms. The summed E-state index contributed by atoms with van der Waals surface area (Å²) in [4.78, 5) is 27.3. The molecule has 0 saturated carbocycles. The lowest BCUT2D eigenvalue weighted by molar-refractivity contribution is -0.121. The number of thiophene rings is 1. The van der Waals surface area contributed by atoms with Gasteiger partial charge in [-0.1, -0.05) is 18.2 Å². The Hall–Kier alpha value is -2.34. The molecule has 2 amide bonds. The van der Waals surface area contributed by atoms with Crippen molar-refractivity contribution < 1.29 is 14.3 Å². The van der Waals surface area contributed by atoms with Crippen LogP contribution in [0.5, 0.6) is 5.75 Å². The van der Waals surface area contributed by atoms with Gasteiger partial charge in [-0.15, -0.1) is 11.3 Å². The second-order valence-corrected chi connectivity index (χ2v) is 7.31. The molecule has 2 heterocycles. The van der Waals surface area contributed by atoms with Crippen LogP contribution in [-0.2, 0) is 11.2 Å². The first-order valence-corrected chi connectivity index (χ1v) is 9.87. The van der Waals surface area contributed by atoms with Crippen LogP contribution in [0.2, 0.25) is 0 Å². The van der Waals surface area contributed by atoms with E-state index in [2.05, 4.69) is 5.32 Å². The summed E-state index contributed by atoms with van der Waals surface area (Å²) in [5.41, 5.74) is 0.969. The minimum Gasteiger partial charge on any atom is -0.494 e. The molecule has 5 nitrogen and oxygen atoms in total. The fraction of sp³-hybridized carbons (Fsp3) is 0.400. The summed E-state index contributed by atoms with van der Waals surface area (Å²) in [7, 11) is 0. The zero-order valence-electron chi connectivity index (χ0n) is 14.9. The Morgan fingerprint density at radius 3 is 2.54 bits per heavy atom. The van der Waals surface area contributed by atoms with Crippen LogP contribution in [0.15, 0.2) is 41.8 Å². The Labute approximate surface area is 158 Å². The van der Waals surface area contributed by atoms with E-state index in [1.807, 2.05) is 53.6 Å². The summed E-state index contributed by atoms with van der Waals surface area (Å²) < 4.78 is 5.41. The van der Waals surface area contributed by atoms with Gasteiger partial charge in [-0.25, -0.2) is 0 Å². The van der Waals surface area contributed by atoms with Gasteiger partial charge in [0, 0.05) is 19.1 Å². The monoisotopic (exact) mass is 372 g/mol. The van der Waals surface area contributed by atoms with Gasteiger partial charge in [-0.05, 0) is 48.9 Å². The highest BCUT2D eigenvalue weighted by molar-refractivity contribution is 7.12. The van der Waals surface area contributed by atoms with Crippen molar-refractivity contribution >= 4 is 23.2 Å². The van der Waals surface area contributed by atoms with Crippen molar-refractivity contribution in [1.29, 1.82) is 0 Å². The molecule has 1 aromatic heterocycles. The number of nitrogens with zero attached hydrogens (tertiary/aromatic N) is 1. The minimum atomic E-state index is 0.0252. The molecule has 1 aliphatic heterocycles. The van der Waals surface area contributed by atoms with Crippen molar-refractivity contribution in [3.63, 3.8) is 0 Å². The normalized spacial score (nSPS) is 14.9. The summed E-state index contributed by atoms with van der Waals surface area (Å²) in [5.74, 6) is 0.941. The van der Waals surface area contributed by atoms with Gasteiger partial charge < -0.3 is 15.0 Å². The summed E-state index contributed by atoms with van der Waals surface area (Å²) in [6, 6.07) is 11.5. The average Bonchev–Trinajstić information content (AvgIpc) is 3.18. The highest BCUT2D eigenvalue weighted by Crippen LogP contribution is 2.17. The van der Waals surface area contributed by atoms with Gasteiger partial charge in [0.25, 0.3) is 5.91 Å². The molecule has 1 aliphatic rings. The number of benzene rings is 1. The molecule has 3 rings (SSSR count). The van der Waals surface area contributed by atoms with Crippen molar-refractivity contribution in [2.45, 2.75) is 32.2 Å². The Morgan fingerprint density at radius 2 is 1.92 bits per heavy atom. The maximum absolute atomic E-state index is 12.3. The van der Waals surface area contributed by atoms with E-state index < -0.39 is 0 Å². The topological polar surface area (TPSA) is 58.6 Å². The molecular formula is C20H24N2O3S. The summed E-state index contributed by atoms with van der Waals surface area (Å²) in [5, 5.41) is 5.01. The van der Waals surface area contributed by atoms with Gasteiger partial charge in [0.1, 0.15) is 5.75 Å². The number of piperidine rings is 1. The van der Waals surface area contributed by atoms with Crippen molar-refractivity contribution in [2.24, 2.45) is 0 Å². The molecule has 0 radical (unpaired) electrons. The molecule has 1 N–H and O–H groups in total. The van der Waals surface area contributed by atoms with Gasteiger partial charge in [0.15, 0.2) is 0 Å². The maximum Gasteiger partial charge on any atom is 0.263 e. The van der Waals surface area contributed by atoms with Crippen molar-refractivity contribution in [1.82, 2.24) is 10.2 Å². The molecule has 138 valence electrons. The summed E-state index contributed by atoms with van der Waals surface area (Å²) in [6.07, 6.45) is 1.96. The van der Waals surface area contributed by atoms with Crippen LogP contribution < -0.4 is 10.1 Å². The first-order valence-electron chi connectivity index (χ1n) is 8.99. The van der Waals surface area contributed by atoms with Crippen LogP contribution in [0.3, 0.4) is 0 Å². The quantitative estimate of drug-likeness (QED) is 0.848. The van der Waals surface area contributed by atoms with Crippen LogP contribution in [-0.4, -0.2) is 42.5 Å². The third-order valence-electron chi connectivity index (χ3n) is 4.48. The highest BCUT2D eigenvalue weighted by atomic mass is 32.1. The van der Waals surface area contributed by atoms with E-state index >= 15 is 0 Å². The van der Waals surface area contributed by atoms with Crippen molar-refractivity contribution in [3.8, 4) is 5.75 Å². The second-order valence-electron chi connectivity index (χ2n) is 6.37. The number of rotatable bonds is 6. The number of nitrogens with one attached hydrogen (secondary N) is 1. The summed E-state index contributed by atoms with van der Waals surface area (Å²) >= 11 is 1.47. The molecule has 6 heteroatoms. The zero-order valence-corrected chi connectivity index (χ0v) is 15.8. The fourth-order valence-corrected chi connectivity index (χ4v) is 3.81. The zero-order chi connectivity index (χ0) is 18.4. The first-order chi connectivity index (χ1) is 12.7. The molecule has 2 aromatic rings. The Kier molecular flexibility index (Phi) is 6.28. The molecule has 26 heavy (non-hydrogen) atoms. The van der Waals surface area contributed by atoms with E-state index in [9.17, 15) is 9.59 Å². The van der Waals surface area contributed by atoms with Gasteiger partial charge >= 0.3 is 0 Å². The Morgan fingerprint density at radius 1 is 1.19 bits per heavy atom. The third-order valence-corrected chi connectivity index (χ3v) is 5.34. The average molecular weight is 372 g/mol. The van der Waals surface area contributed by atoms with Crippen molar-refractivity contribution in [2.75, 3.05) is 19.7 Å². The molecule has 0 bridgehead atoms. The molecule has 1 aromatic carbocycles. The highest BCUT2D eigenvalue weighted by Gasteiger charge is 2.24. The van der Waals surface area contributed by atoms with E-state index in [1.54, 1.807) is 0 Å². The lowest BCUT2D eigenvalue weighted by Gasteiger charge is -2.32. The number of hydrogen-bond donors (Lipinski definition) is 1. The van der Waals surface area contributed by atoms with E-state index in [1.165, 1.54) is 11.3 Å². The molecule has 0 atom stereocenters. The van der Waals surface area contributed by atoms with Crippen LogP contribution in [0.25, 0.3) is 0 Å². The van der Waals surface area contributed by atoms with Gasteiger partial charge in [0.05, 0.1) is 17.9 Å². The first kappa shape index (κ1) is 18.5. The number of carbonyl (C=O) groups excluding carboxylic acids is 2. The van der Waals surface area contributed by atoms with E-state index in [-0.39, 0.29) is 17.9 Å². The number of ether oxygens (including phenoxy) is 1. The maximum atomic E-state index is 12.3.